The zero-order chi connectivity index (χ0) is 32.1. The van der Waals surface area contributed by atoms with Gasteiger partial charge >= 0.3 is 0 Å². The van der Waals surface area contributed by atoms with Gasteiger partial charge in [-0.2, -0.15) is 0 Å². The molecule has 0 aliphatic carbocycles. The minimum atomic E-state index is -3.13. The third-order valence-electron chi connectivity index (χ3n) is 8.49. The van der Waals surface area contributed by atoms with Gasteiger partial charge in [0.15, 0.2) is 7.14 Å². The van der Waals surface area contributed by atoms with E-state index in [9.17, 15) is 4.57 Å². The Morgan fingerprint density at radius 1 is 0.340 bits per heavy atom. The van der Waals surface area contributed by atoms with Gasteiger partial charge in [-0.25, -0.2) is 0 Å². The molecule has 0 aliphatic rings. The number of benzene rings is 7. The first-order valence-electron chi connectivity index (χ1n) is 15.6. The summed E-state index contributed by atoms with van der Waals surface area (Å²) in [6.07, 6.45) is 0. The van der Waals surface area contributed by atoms with Gasteiger partial charge in [-0.15, -0.1) is 10.0 Å². The van der Waals surface area contributed by atoms with Crippen molar-refractivity contribution in [3.8, 4) is 0 Å². The van der Waals surface area contributed by atoms with Crippen LogP contribution in [-0.4, -0.2) is 0 Å². The Morgan fingerprint density at radius 3 is 1.06 bits per heavy atom. The maximum atomic E-state index is 15.2. The molecular formula is C42H34O2P2S. The first-order chi connectivity index (χ1) is 23.1. The molecule has 5 heteroatoms. The predicted octanol–water partition coefficient (Wildman–Crippen LogP) is 9.18. The second-order valence-corrected chi connectivity index (χ2v) is 18.9. The van der Waals surface area contributed by atoms with Crippen LogP contribution < -0.4 is 26.5 Å². The summed E-state index contributed by atoms with van der Waals surface area (Å²) in [7, 11) is -7.27. The predicted molar refractivity (Wildman–Crippen MR) is 201 cm³/mol. The van der Waals surface area contributed by atoms with Crippen molar-refractivity contribution < 1.29 is 9.13 Å². The van der Waals surface area contributed by atoms with Crippen molar-refractivity contribution in [2.45, 2.75) is 19.6 Å². The molecule has 0 radical (unpaired) electrons. The highest BCUT2D eigenvalue weighted by Crippen LogP contribution is 2.73. The number of rotatable bonds is 9. The Kier molecular flexibility index (Phi) is 8.96. The van der Waals surface area contributed by atoms with Crippen LogP contribution in [0, 0.1) is 0 Å². The van der Waals surface area contributed by atoms with E-state index in [2.05, 4.69) is 84.9 Å². The summed E-state index contributed by atoms with van der Waals surface area (Å²) >= 11 is 0. The largest absolute Gasteiger partial charge is 0.317 e. The van der Waals surface area contributed by atoms with E-state index >= 15 is 4.57 Å². The van der Waals surface area contributed by atoms with Crippen LogP contribution in [0.15, 0.2) is 220 Å². The summed E-state index contributed by atoms with van der Waals surface area (Å²) in [4.78, 5) is 4.66. The summed E-state index contributed by atoms with van der Waals surface area (Å²) in [5.41, 5.74) is 0. The van der Waals surface area contributed by atoms with Crippen LogP contribution >= 0.6 is 25.0 Å². The van der Waals surface area contributed by atoms with E-state index in [-0.39, 0.29) is 0 Å². The molecule has 0 aromatic heterocycles. The quantitative estimate of drug-likeness (QED) is 0.144. The molecule has 0 spiro atoms. The Labute approximate surface area is 279 Å². The lowest BCUT2D eigenvalue weighted by atomic mass is 10.3. The Bertz CT molecular complexity index is 2060. The molecule has 0 amide bonds. The molecule has 1 unspecified atom stereocenters. The van der Waals surface area contributed by atoms with Gasteiger partial charge in [0.25, 0.3) is 0 Å². The summed E-state index contributed by atoms with van der Waals surface area (Å²) in [5.74, 6) is 0. The highest BCUT2D eigenvalue weighted by Gasteiger charge is 2.35. The molecule has 0 N–H and O–H groups in total. The van der Waals surface area contributed by atoms with Crippen LogP contribution in [0.2, 0.25) is 0 Å². The fourth-order valence-corrected chi connectivity index (χ4v) is 14.0. The molecule has 0 bridgehead atoms. The van der Waals surface area contributed by atoms with Gasteiger partial charge in [0, 0.05) is 46.1 Å². The third-order valence-corrected chi connectivity index (χ3v) is 17.2. The molecule has 0 saturated heterocycles. The van der Waals surface area contributed by atoms with Crippen molar-refractivity contribution in [1.82, 2.24) is 0 Å². The molecule has 0 heterocycles. The molecule has 230 valence electrons. The van der Waals surface area contributed by atoms with Gasteiger partial charge in [0.2, 0.25) is 0 Å². The Hall–Kier alpha value is -4.65. The van der Waals surface area contributed by atoms with Crippen molar-refractivity contribution in [1.29, 1.82) is 0 Å². The SMILES string of the molecule is O=[PH](c1ccccc1)c1ccc(S(c2ccccc2)(c2ccccc2)c2ccc(P(=O)(c3ccccc3)c3ccccc3)cc2)cc1. The van der Waals surface area contributed by atoms with Gasteiger partial charge in [0.05, 0.1) is 0 Å². The highest BCUT2D eigenvalue weighted by molar-refractivity contribution is 8.34. The van der Waals surface area contributed by atoms with Crippen LogP contribution in [0.3, 0.4) is 0 Å². The van der Waals surface area contributed by atoms with Crippen molar-refractivity contribution in [3.63, 3.8) is 0 Å². The minimum absolute atomic E-state index is 0.796. The second-order valence-electron chi connectivity index (χ2n) is 11.2. The molecule has 1 atom stereocenters. The van der Waals surface area contributed by atoms with Gasteiger partial charge in [-0.3, -0.25) is 0 Å². The third kappa shape index (κ3) is 5.77. The molecule has 0 aliphatic heterocycles. The van der Waals surface area contributed by atoms with Gasteiger partial charge in [0.1, 0.15) is 7.80 Å². The molecule has 0 saturated carbocycles. The monoisotopic (exact) mass is 664 g/mol. The van der Waals surface area contributed by atoms with E-state index in [0.717, 1.165) is 36.3 Å². The normalized spacial score (nSPS) is 12.7. The summed E-state index contributed by atoms with van der Waals surface area (Å²) in [6, 6.07) is 67.4. The van der Waals surface area contributed by atoms with Crippen LogP contribution in [0.25, 0.3) is 0 Å². The van der Waals surface area contributed by atoms with E-state index in [0.29, 0.717) is 0 Å². The lowest BCUT2D eigenvalue weighted by molar-refractivity contribution is 0.592. The highest BCUT2D eigenvalue weighted by atomic mass is 32.3. The lowest BCUT2D eigenvalue weighted by Gasteiger charge is -2.42. The molecule has 47 heavy (non-hydrogen) atoms. The summed E-state index contributed by atoms with van der Waals surface area (Å²) < 4.78 is 28.7. The Morgan fingerprint density at radius 2 is 0.638 bits per heavy atom. The maximum absolute atomic E-state index is 15.2. The first-order valence-corrected chi connectivity index (χ1v) is 20.3. The zero-order valence-electron chi connectivity index (χ0n) is 25.7. The fraction of sp³-hybridized carbons (Fsp3) is 0. The second kappa shape index (κ2) is 13.6. The maximum Gasteiger partial charge on any atom is 0.171 e. The van der Waals surface area contributed by atoms with Crippen molar-refractivity contribution in [2.75, 3.05) is 0 Å². The van der Waals surface area contributed by atoms with Gasteiger partial charge in [-0.1, -0.05) is 140 Å². The fourth-order valence-electron chi connectivity index (χ4n) is 6.22. The van der Waals surface area contributed by atoms with E-state index in [1.165, 1.54) is 9.79 Å². The first kappa shape index (κ1) is 31.0. The van der Waals surface area contributed by atoms with Crippen LogP contribution in [0.5, 0.6) is 0 Å². The molecule has 7 aromatic rings. The smallest absolute Gasteiger partial charge is 0.171 e. The average Bonchev–Trinajstić information content (AvgIpc) is 3.17. The topological polar surface area (TPSA) is 34.1 Å². The van der Waals surface area contributed by atoms with Crippen LogP contribution in [-0.2, 0) is 9.13 Å². The molecule has 7 rings (SSSR count). The lowest BCUT2D eigenvalue weighted by Crippen LogP contribution is -2.25. The molecular weight excluding hydrogens is 630 g/mol. The Balaban J connectivity index is 1.42. The van der Waals surface area contributed by atoms with E-state index in [1.807, 2.05) is 115 Å². The van der Waals surface area contributed by atoms with Gasteiger partial charge < -0.3 is 9.13 Å². The van der Waals surface area contributed by atoms with Crippen LogP contribution in [0.4, 0.5) is 0 Å². The van der Waals surface area contributed by atoms with E-state index < -0.39 is 25.0 Å². The van der Waals surface area contributed by atoms with E-state index in [1.54, 1.807) is 0 Å². The van der Waals surface area contributed by atoms with Crippen molar-refractivity contribution in [3.05, 3.63) is 200 Å². The van der Waals surface area contributed by atoms with Crippen molar-refractivity contribution >= 4 is 51.5 Å². The summed E-state index contributed by atoms with van der Waals surface area (Å²) in [6.45, 7) is 0. The van der Waals surface area contributed by atoms with Crippen LogP contribution in [0.1, 0.15) is 0 Å². The number of hydrogen-bond donors (Lipinski definition) is 0. The summed E-state index contributed by atoms with van der Waals surface area (Å²) in [5, 5.41) is 4.11. The zero-order valence-corrected chi connectivity index (χ0v) is 28.4. The van der Waals surface area contributed by atoms with Gasteiger partial charge in [-0.05, 0) is 60.7 Å². The minimum Gasteiger partial charge on any atom is -0.317 e. The molecule has 7 aromatic carbocycles. The standard InChI is InChI=1S/C42H34O2P2S/c43-45(34-16-6-1-7-17-34)35-26-30-41(31-27-35)47(39-22-12-4-13-23-39,40-24-14-5-15-25-40)42-32-28-38(29-33-42)46(44,36-18-8-2-9-19-36)37-20-10-3-11-21-37/h1-33,45H. The number of hydrogen-bond acceptors (Lipinski definition) is 2. The average molecular weight is 665 g/mol. The van der Waals surface area contributed by atoms with Crippen molar-refractivity contribution in [2.24, 2.45) is 0 Å². The molecule has 0 fully saturated rings. The van der Waals surface area contributed by atoms with E-state index in [4.69, 9.17) is 0 Å². The molecule has 2 nitrogen and oxygen atoms in total.